The fourth-order valence-corrected chi connectivity index (χ4v) is 2.65. The van der Waals surface area contributed by atoms with Gasteiger partial charge in [0, 0.05) is 6.42 Å². The highest BCUT2D eigenvalue weighted by atomic mass is 35.5. The van der Waals surface area contributed by atoms with Gasteiger partial charge in [0.25, 0.3) is 0 Å². The molecule has 160 valence electrons. The first-order valence-electron chi connectivity index (χ1n) is 8.99. The molecule has 0 atom stereocenters. The number of unbranched alkanes of at least 4 members (excludes halogenated alkanes) is 14. The van der Waals surface area contributed by atoms with Gasteiger partial charge in [-0.1, -0.05) is 96.8 Å². The summed E-state index contributed by atoms with van der Waals surface area (Å²) < 4.78 is 0. The lowest BCUT2D eigenvalue weighted by molar-refractivity contribution is -0.137. The number of rotatable bonds is 16. The van der Waals surface area contributed by atoms with Gasteiger partial charge in [-0.15, -0.1) is 62.0 Å². The van der Waals surface area contributed by atoms with Gasteiger partial charge in [-0.2, -0.15) is 0 Å². The number of aliphatic carboxylic acids is 1. The van der Waals surface area contributed by atoms with Crippen molar-refractivity contribution in [2.75, 3.05) is 0 Å². The predicted octanol–water partition coefficient (Wildman–Crippen LogP) is 8.44. The number of carboxylic acids is 1. The normalized spacial score (nSPS) is 8.68. The van der Waals surface area contributed by atoms with E-state index in [1.165, 1.54) is 83.5 Å². The highest BCUT2D eigenvalue weighted by Crippen LogP contribution is 2.13. The predicted molar refractivity (Wildman–Crippen MR) is 123 cm³/mol. The molecule has 0 spiro atoms. The molecule has 0 aromatic heterocycles. The lowest BCUT2D eigenvalue weighted by Crippen LogP contribution is -1.93. The molecule has 2 nitrogen and oxygen atoms in total. The van der Waals surface area contributed by atoms with Crippen LogP contribution in [0.4, 0.5) is 0 Å². The van der Waals surface area contributed by atoms with Crippen LogP contribution in [0.3, 0.4) is 0 Å². The van der Waals surface area contributed by atoms with Gasteiger partial charge >= 0.3 is 5.97 Å². The first-order valence-corrected chi connectivity index (χ1v) is 8.99. The van der Waals surface area contributed by atoms with E-state index in [4.69, 9.17) is 5.11 Å². The average Bonchev–Trinajstić information content (AvgIpc) is 2.43. The monoisotopic (exact) mass is 464 g/mol. The van der Waals surface area contributed by atoms with Crippen molar-refractivity contribution in [3.63, 3.8) is 0 Å². The molecule has 0 amide bonds. The van der Waals surface area contributed by atoms with Gasteiger partial charge in [0.05, 0.1) is 0 Å². The molecule has 0 unspecified atom stereocenters. The number of hydrogen-bond donors (Lipinski definition) is 1. The van der Waals surface area contributed by atoms with Crippen LogP contribution in [0.15, 0.2) is 0 Å². The zero-order valence-corrected chi connectivity index (χ0v) is 19.8. The van der Waals surface area contributed by atoms with Gasteiger partial charge in [0.2, 0.25) is 0 Å². The molecule has 0 rings (SSSR count). The standard InChI is InChI=1S/C18H36O2.5ClH/c1-2-3-4-5-6-7-8-9-10-11-12-13-14-15-16-17-18(19)20;;;;;/h2-17H2,1H3,(H,19,20);5*1H. The Hall–Kier alpha value is 0.920. The van der Waals surface area contributed by atoms with E-state index in [-0.39, 0.29) is 62.0 Å². The van der Waals surface area contributed by atoms with Crippen molar-refractivity contribution in [1.82, 2.24) is 0 Å². The smallest absolute Gasteiger partial charge is 0.303 e. The summed E-state index contributed by atoms with van der Waals surface area (Å²) >= 11 is 0. The fourth-order valence-electron chi connectivity index (χ4n) is 2.65. The van der Waals surface area contributed by atoms with E-state index in [9.17, 15) is 4.79 Å². The number of halogens is 5. The first kappa shape index (κ1) is 40.6. The molecule has 0 heterocycles. The lowest BCUT2D eigenvalue weighted by atomic mass is 10.0. The third-order valence-corrected chi connectivity index (χ3v) is 3.99. The molecule has 0 aliphatic rings. The van der Waals surface area contributed by atoms with E-state index < -0.39 is 5.97 Å². The van der Waals surface area contributed by atoms with Gasteiger partial charge in [0.15, 0.2) is 0 Å². The minimum Gasteiger partial charge on any atom is -0.481 e. The van der Waals surface area contributed by atoms with Crippen molar-refractivity contribution >= 4 is 68.0 Å². The van der Waals surface area contributed by atoms with Crippen molar-refractivity contribution in [2.45, 2.75) is 110 Å². The van der Waals surface area contributed by atoms with Crippen LogP contribution in [0.1, 0.15) is 110 Å². The molecule has 0 aromatic carbocycles. The van der Waals surface area contributed by atoms with E-state index >= 15 is 0 Å². The zero-order valence-electron chi connectivity index (χ0n) is 15.7. The van der Waals surface area contributed by atoms with E-state index in [2.05, 4.69) is 6.92 Å². The second-order valence-corrected chi connectivity index (χ2v) is 6.09. The fraction of sp³-hybridized carbons (Fsp3) is 0.944. The summed E-state index contributed by atoms with van der Waals surface area (Å²) in [6.07, 6.45) is 20.2. The Balaban J connectivity index is -0.000000180. The van der Waals surface area contributed by atoms with Crippen molar-refractivity contribution in [2.24, 2.45) is 0 Å². The molecule has 7 heteroatoms. The summed E-state index contributed by atoms with van der Waals surface area (Å²) in [7, 11) is 0. The molecular weight excluding hydrogens is 425 g/mol. The number of carbonyl (C=O) groups is 1. The van der Waals surface area contributed by atoms with Gasteiger partial charge in [-0.3, -0.25) is 4.79 Å². The summed E-state index contributed by atoms with van der Waals surface area (Å²) in [6, 6.07) is 0. The zero-order chi connectivity index (χ0) is 14.9. The molecule has 0 saturated carbocycles. The summed E-state index contributed by atoms with van der Waals surface area (Å²) in [5, 5.41) is 8.52. The molecule has 0 aromatic rings. The molecule has 0 saturated heterocycles. The maximum absolute atomic E-state index is 10.3. The van der Waals surface area contributed by atoms with E-state index in [0.717, 1.165) is 12.8 Å². The van der Waals surface area contributed by atoms with Crippen molar-refractivity contribution < 1.29 is 9.90 Å². The Morgan fingerprint density at radius 1 is 0.520 bits per heavy atom. The van der Waals surface area contributed by atoms with Gasteiger partial charge in [-0.25, -0.2) is 0 Å². The number of hydrogen-bond acceptors (Lipinski definition) is 1. The maximum Gasteiger partial charge on any atom is 0.303 e. The van der Waals surface area contributed by atoms with Crippen LogP contribution in [-0.2, 0) is 4.79 Å². The van der Waals surface area contributed by atoms with Crippen molar-refractivity contribution in [3.05, 3.63) is 0 Å². The van der Waals surface area contributed by atoms with Crippen LogP contribution in [-0.4, -0.2) is 11.1 Å². The van der Waals surface area contributed by atoms with Crippen molar-refractivity contribution in [3.8, 4) is 0 Å². The van der Waals surface area contributed by atoms with Crippen LogP contribution in [0.25, 0.3) is 0 Å². The van der Waals surface area contributed by atoms with E-state index in [1.54, 1.807) is 0 Å². The van der Waals surface area contributed by atoms with Crippen LogP contribution in [0.2, 0.25) is 0 Å². The molecule has 25 heavy (non-hydrogen) atoms. The minimum atomic E-state index is -0.653. The molecule has 0 aliphatic heterocycles. The number of carboxylic acid groups (broad SMARTS) is 1. The third-order valence-electron chi connectivity index (χ3n) is 3.99. The highest BCUT2D eigenvalue weighted by molar-refractivity contribution is 5.86. The van der Waals surface area contributed by atoms with Gasteiger partial charge < -0.3 is 5.11 Å². The maximum atomic E-state index is 10.3. The third kappa shape index (κ3) is 40.8. The molecule has 0 aliphatic carbocycles. The molecule has 0 fully saturated rings. The Kier molecular flexibility index (Phi) is 58.3. The van der Waals surface area contributed by atoms with Crippen LogP contribution in [0.5, 0.6) is 0 Å². The summed E-state index contributed by atoms with van der Waals surface area (Å²) in [5.74, 6) is -0.653. The molecular formula is C18H41Cl5O2. The van der Waals surface area contributed by atoms with Crippen LogP contribution < -0.4 is 0 Å². The largest absolute Gasteiger partial charge is 0.481 e. The van der Waals surface area contributed by atoms with Gasteiger partial charge in [-0.05, 0) is 6.42 Å². The quantitative estimate of drug-likeness (QED) is 0.232. The topological polar surface area (TPSA) is 37.3 Å². The Morgan fingerprint density at radius 2 is 0.760 bits per heavy atom. The summed E-state index contributed by atoms with van der Waals surface area (Å²) in [5.41, 5.74) is 0. The molecule has 0 bridgehead atoms. The molecule has 1 N–H and O–H groups in total. The minimum absolute atomic E-state index is 0. The Bertz CT molecular complexity index is 220. The van der Waals surface area contributed by atoms with Crippen molar-refractivity contribution in [1.29, 1.82) is 0 Å². The Morgan fingerprint density at radius 3 is 1.00 bits per heavy atom. The average molecular weight is 467 g/mol. The summed E-state index contributed by atoms with van der Waals surface area (Å²) in [6.45, 7) is 2.27. The van der Waals surface area contributed by atoms with E-state index in [1.807, 2.05) is 0 Å². The second-order valence-electron chi connectivity index (χ2n) is 6.09. The lowest BCUT2D eigenvalue weighted by Gasteiger charge is -2.03. The Labute approximate surface area is 187 Å². The van der Waals surface area contributed by atoms with Gasteiger partial charge in [0.1, 0.15) is 0 Å². The second kappa shape index (κ2) is 35.9. The highest BCUT2D eigenvalue weighted by Gasteiger charge is 1.97. The summed E-state index contributed by atoms with van der Waals surface area (Å²) in [4.78, 5) is 10.3. The molecule has 0 radical (unpaired) electrons. The van der Waals surface area contributed by atoms with Crippen LogP contribution >= 0.6 is 62.0 Å². The van der Waals surface area contributed by atoms with E-state index in [0.29, 0.717) is 6.42 Å². The first-order chi connectivity index (χ1) is 9.77. The SMILES string of the molecule is CCCCCCCCCCCCCCCCCC(=O)O.Cl.Cl.Cl.Cl.Cl. The van der Waals surface area contributed by atoms with Crippen LogP contribution in [0, 0.1) is 0 Å².